The lowest BCUT2D eigenvalue weighted by molar-refractivity contribution is -0.137. The fourth-order valence-corrected chi connectivity index (χ4v) is 2.41. The summed E-state index contributed by atoms with van der Waals surface area (Å²) < 4.78 is 38.0. The van der Waals surface area contributed by atoms with E-state index in [4.69, 9.17) is 0 Å². The number of benzene rings is 2. The Morgan fingerprint density at radius 1 is 0.923 bits per heavy atom. The highest BCUT2D eigenvalue weighted by atomic mass is 19.4. The Bertz CT molecular complexity index is 728. The Kier molecular flexibility index (Phi) is 6.63. The van der Waals surface area contributed by atoms with Crippen molar-refractivity contribution in [2.45, 2.75) is 25.8 Å². The van der Waals surface area contributed by atoms with Gasteiger partial charge in [-0.1, -0.05) is 36.4 Å². The van der Waals surface area contributed by atoms with Gasteiger partial charge in [-0.25, -0.2) is 4.79 Å². The number of nitrogens with one attached hydrogen (secondary N) is 2. The van der Waals surface area contributed by atoms with Crippen LogP contribution in [0.4, 0.5) is 18.0 Å². The van der Waals surface area contributed by atoms with Crippen LogP contribution in [0.25, 0.3) is 0 Å². The molecule has 0 aliphatic heterocycles. The van der Waals surface area contributed by atoms with Gasteiger partial charge in [-0.05, 0) is 42.9 Å². The summed E-state index contributed by atoms with van der Waals surface area (Å²) in [4.78, 5) is 13.9. The Labute approximate surface area is 151 Å². The van der Waals surface area contributed by atoms with Crippen LogP contribution in [-0.4, -0.2) is 25.0 Å². The van der Waals surface area contributed by atoms with E-state index in [9.17, 15) is 18.0 Å². The third kappa shape index (κ3) is 6.40. The number of amides is 2. The average molecular weight is 365 g/mol. The summed E-state index contributed by atoms with van der Waals surface area (Å²) in [5.74, 6) is 0. The van der Waals surface area contributed by atoms with Gasteiger partial charge in [0.15, 0.2) is 0 Å². The summed E-state index contributed by atoms with van der Waals surface area (Å²) in [7, 11) is 3.98. The normalized spacial score (nSPS) is 11.5. The predicted molar refractivity (Wildman–Crippen MR) is 94.4 cm³/mol. The maximum Gasteiger partial charge on any atom is 0.416 e. The highest BCUT2D eigenvalue weighted by Crippen LogP contribution is 2.29. The van der Waals surface area contributed by atoms with Crippen LogP contribution in [0.1, 0.15) is 22.3 Å². The van der Waals surface area contributed by atoms with Crippen molar-refractivity contribution in [3.05, 3.63) is 70.8 Å². The van der Waals surface area contributed by atoms with Gasteiger partial charge in [0.1, 0.15) is 0 Å². The highest BCUT2D eigenvalue weighted by Gasteiger charge is 2.30. The van der Waals surface area contributed by atoms with Crippen LogP contribution in [0.2, 0.25) is 0 Å². The Morgan fingerprint density at radius 2 is 1.50 bits per heavy atom. The van der Waals surface area contributed by atoms with Gasteiger partial charge in [-0.15, -0.1) is 0 Å². The molecule has 0 radical (unpaired) electrons. The summed E-state index contributed by atoms with van der Waals surface area (Å²) in [6.45, 7) is 1.21. The lowest BCUT2D eigenvalue weighted by Gasteiger charge is -2.11. The lowest BCUT2D eigenvalue weighted by Crippen LogP contribution is -2.34. The van der Waals surface area contributed by atoms with Gasteiger partial charge in [0.2, 0.25) is 0 Å². The minimum absolute atomic E-state index is 0.0253. The van der Waals surface area contributed by atoms with Crippen LogP contribution in [0.5, 0.6) is 0 Å². The van der Waals surface area contributed by atoms with Crippen molar-refractivity contribution in [3.63, 3.8) is 0 Å². The van der Waals surface area contributed by atoms with Crippen LogP contribution in [0, 0.1) is 0 Å². The van der Waals surface area contributed by atoms with E-state index < -0.39 is 17.8 Å². The van der Waals surface area contributed by atoms with Crippen LogP contribution >= 0.6 is 0 Å². The number of nitrogens with zero attached hydrogens (tertiary/aromatic N) is 1. The molecule has 0 bridgehead atoms. The van der Waals surface area contributed by atoms with Gasteiger partial charge >= 0.3 is 12.2 Å². The number of carbonyl (C=O) groups is 1. The van der Waals surface area contributed by atoms with Gasteiger partial charge in [-0.3, -0.25) is 0 Å². The number of hydrogen-bond donors (Lipinski definition) is 2. The van der Waals surface area contributed by atoms with Gasteiger partial charge in [0, 0.05) is 19.6 Å². The van der Waals surface area contributed by atoms with Crippen molar-refractivity contribution in [2.75, 3.05) is 14.1 Å². The number of hydrogen-bond acceptors (Lipinski definition) is 2. The lowest BCUT2D eigenvalue weighted by atomic mass is 10.1. The largest absolute Gasteiger partial charge is 0.416 e. The highest BCUT2D eigenvalue weighted by molar-refractivity contribution is 5.73. The Hall–Kier alpha value is -2.54. The molecule has 0 aromatic heterocycles. The molecule has 7 heteroatoms. The van der Waals surface area contributed by atoms with Crippen molar-refractivity contribution >= 4 is 6.03 Å². The van der Waals surface area contributed by atoms with E-state index in [0.29, 0.717) is 12.1 Å². The van der Waals surface area contributed by atoms with Crippen LogP contribution in [0.15, 0.2) is 48.5 Å². The van der Waals surface area contributed by atoms with E-state index in [1.165, 1.54) is 11.6 Å². The molecule has 0 unspecified atom stereocenters. The number of urea groups is 1. The molecule has 4 nitrogen and oxygen atoms in total. The predicted octanol–water partition coefficient (Wildman–Crippen LogP) is 3.77. The topological polar surface area (TPSA) is 44.4 Å². The molecular formula is C19H22F3N3O. The van der Waals surface area contributed by atoms with E-state index in [2.05, 4.69) is 15.5 Å². The maximum absolute atomic E-state index is 12.7. The zero-order valence-electron chi connectivity index (χ0n) is 14.7. The van der Waals surface area contributed by atoms with Crippen LogP contribution in [-0.2, 0) is 25.8 Å². The molecule has 0 spiro atoms. The Morgan fingerprint density at radius 3 is 2.08 bits per heavy atom. The standard InChI is InChI=1S/C19H22F3N3O/c1-25(2)13-15-8-6-14(7-9-15)11-23-18(26)24-12-16-4-3-5-17(10-16)19(20,21)22/h3-10H,11-13H2,1-2H3,(H2,23,24,26). The van der Waals surface area contributed by atoms with E-state index in [0.717, 1.165) is 24.2 Å². The molecule has 0 heterocycles. The molecule has 0 atom stereocenters. The first kappa shape index (κ1) is 19.8. The molecule has 2 aromatic rings. The fraction of sp³-hybridized carbons (Fsp3) is 0.316. The molecule has 0 aliphatic carbocycles. The van der Waals surface area contributed by atoms with Crippen molar-refractivity contribution in [1.82, 2.24) is 15.5 Å². The molecular weight excluding hydrogens is 343 g/mol. The summed E-state index contributed by atoms with van der Waals surface area (Å²) in [6.07, 6.45) is -4.39. The first-order valence-corrected chi connectivity index (χ1v) is 8.14. The monoisotopic (exact) mass is 365 g/mol. The number of alkyl halides is 3. The third-order valence-electron chi connectivity index (χ3n) is 3.68. The first-order chi connectivity index (χ1) is 12.2. The summed E-state index contributed by atoms with van der Waals surface area (Å²) in [5.41, 5.74) is 1.78. The van der Waals surface area contributed by atoms with E-state index in [1.807, 2.05) is 38.4 Å². The molecule has 2 amide bonds. The second-order valence-electron chi connectivity index (χ2n) is 6.29. The molecule has 2 N–H and O–H groups in total. The third-order valence-corrected chi connectivity index (χ3v) is 3.68. The van der Waals surface area contributed by atoms with Gasteiger partial charge in [-0.2, -0.15) is 13.2 Å². The van der Waals surface area contributed by atoms with Crippen molar-refractivity contribution in [2.24, 2.45) is 0 Å². The van der Waals surface area contributed by atoms with Crippen LogP contribution < -0.4 is 10.6 Å². The molecule has 0 fully saturated rings. The van der Waals surface area contributed by atoms with Crippen molar-refractivity contribution < 1.29 is 18.0 Å². The molecule has 2 aromatic carbocycles. The van der Waals surface area contributed by atoms with Gasteiger partial charge < -0.3 is 15.5 Å². The molecule has 0 saturated heterocycles. The molecule has 0 saturated carbocycles. The van der Waals surface area contributed by atoms with Gasteiger partial charge in [0.25, 0.3) is 0 Å². The summed E-state index contributed by atoms with van der Waals surface area (Å²) in [5, 5.41) is 5.25. The van der Waals surface area contributed by atoms with Crippen LogP contribution in [0.3, 0.4) is 0 Å². The molecule has 0 aliphatic rings. The average Bonchev–Trinajstić information content (AvgIpc) is 2.58. The number of rotatable bonds is 6. The minimum Gasteiger partial charge on any atom is -0.334 e. The van der Waals surface area contributed by atoms with E-state index in [-0.39, 0.29) is 6.54 Å². The summed E-state index contributed by atoms with van der Waals surface area (Å²) >= 11 is 0. The smallest absolute Gasteiger partial charge is 0.334 e. The zero-order chi connectivity index (χ0) is 19.2. The number of carbonyl (C=O) groups excluding carboxylic acids is 1. The maximum atomic E-state index is 12.7. The van der Waals surface area contributed by atoms with E-state index >= 15 is 0 Å². The molecule has 26 heavy (non-hydrogen) atoms. The summed E-state index contributed by atoms with van der Waals surface area (Å²) in [6, 6.07) is 12.3. The van der Waals surface area contributed by atoms with Crippen molar-refractivity contribution in [1.29, 1.82) is 0 Å². The quantitative estimate of drug-likeness (QED) is 0.819. The van der Waals surface area contributed by atoms with Crippen molar-refractivity contribution in [3.8, 4) is 0 Å². The number of halogens is 3. The molecule has 140 valence electrons. The fourth-order valence-electron chi connectivity index (χ4n) is 2.41. The first-order valence-electron chi connectivity index (χ1n) is 8.14. The molecule has 2 rings (SSSR count). The van der Waals surface area contributed by atoms with Gasteiger partial charge in [0.05, 0.1) is 5.56 Å². The zero-order valence-corrected chi connectivity index (χ0v) is 14.7. The SMILES string of the molecule is CN(C)Cc1ccc(CNC(=O)NCc2cccc(C(F)(F)F)c2)cc1. The van der Waals surface area contributed by atoms with E-state index in [1.54, 1.807) is 6.07 Å². The second kappa shape index (κ2) is 8.71. The minimum atomic E-state index is -4.39. The Balaban J connectivity index is 1.80. The second-order valence-corrected chi connectivity index (χ2v) is 6.29.